The normalized spacial score (nSPS) is 29.9. The zero-order valence-corrected chi connectivity index (χ0v) is 13.9. The molecule has 21 heavy (non-hydrogen) atoms. The zero-order chi connectivity index (χ0) is 14.7. The fourth-order valence-electron chi connectivity index (χ4n) is 4.26. The summed E-state index contributed by atoms with van der Waals surface area (Å²) in [5.41, 5.74) is 0. The van der Waals surface area contributed by atoms with Crippen LogP contribution in [-0.4, -0.2) is 61.6 Å². The standard InChI is InChI=1S/C17H32N4/c1-3-20(16-8-9-16)11-10-19-17(18-2)21-12-14-6-4-5-7-15(14)13-21/h14-16H,3-13H2,1-2H3,(H,18,19). The van der Waals surface area contributed by atoms with E-state index in [1.165, 1.54) is 58.2 Å². The molecule has 0 aromatic rings. The number of hydrogen-bond donors (Lipinski definition) is 1. The molecule has 0 aromatic heterocycles. The van der Waals surface area contributed by atoms with E-state index in [4.69, 9.17) is 0 Å². The average Bonchev–Trinajstić information content (AvgIpc) is 3.26. The van der Waals surface area contributed by atoms with Crippen LogP contribution < -0.4 is 5.32 Å². The quantitative estimate of drug-likeness (QED) is 0.622. The Balaban J connectivity index is 1.44. The van der Waals surface area contributed by atoms with Crippen LogP contribution >= 0.6 is 0 Å². The molecule has 1 heterocycles. The van der Waals surface area contributed by atoms with Crippen LogP contribution in [0.2, 0.25) is 0 Å². The number of likely N-dealkylation sites (N-methyl/N-ethyl adjacent to an activating group) is 1. The summed E-state index contributed by atoms with van der Waals surface area (Å²) in [6, 6.07) is 0.869. The van der Waals surface area contributed by atoms with Gasteiger partial charge in [0.15, 0.2) is 5.96 Å². The van der Waals surface area contributed by atoms with Gasteiger partial charge in [0.1, 0.15) is 0 Å². The lowest BCUT2D eigenvalue weighted by Gasteiger charge is -2.24. The maximum Gasteiger partial charge on any atom is 0.193 e. The molecule has 2 atom stereocenters. The Morgan fingerprint density at radius 2 is 1.81 bits per heavy atom. The van der Waals surface area contributed by atoms with Gasteiger partial charge in [-0.25, -0.2) is 0 Å². The molecule has 2 aliphatic carbocycles. The molecule has 0 spiro atoms. The minimum Gasteiger partial charge on any atom is -0.355 e. The molecule has 120 valence electrons. The van der Waals surface area contributed by atoms with Crippen molar-refractivity contribution in [1.82, 2.24) is 15.1 Å². The molecule has 1 aliphatic heterocycles. The van der Waals surface area contributed by atoms with Crippen molar-refractivity contribution in [3.63, 3.8) is 0 Å². The second kappa shape index (κ2) is 6.99. The molecule has 3 rings (SSSR count). The van der Waals surface area contributed by atoms with E-state index in [-0.39, 0.29) is 0 Å². The fraction of sp³-hybridized carbons (Fsp3) is 0.941. The number of rotatable bonds is 5. The second-order valence-electron chi connectivity index (χ2n) is 7.04. The number of nitrogens with one attached hydrogen (secondary N) is 1. The Morgan fingerprint density at radius 1 is 1.14 bits per heavy atom. The molecule has 2 unspecified atom stereocenters. The van der Waals surface area contributed by atoms with Crippen molar-refractivity contribution in [2.24, 2.45) is 16.8 Å². The molecule has 4 nitrogen and oxygen atoms in total. The predicted octanol–water partition coefficient (Wildman–Crippen LogP) is 2.17. The van der Waals surface area contributed by atoms with E-state index in [0.29, 0.717) is 0 Å². The molecule has 0 bridgehead atoms. The average molecular weight is 292 g/mol. The van der Waals surface area contributed by atoms with Crippen molar-refractivity contribution in [2.75, 3.05) is 39.8 Å². The first kappa shape index (κ1) is 15.1. The minimum atomic E-state index is 0.869. The Bertz CT molecular complexity index is 350. The van der Waals surface area contributed by atoms with Crippen LogP contribution in [0.1, 0.15) is 45.4 Å². The minimum absolute atomic E-state index is 0.869. The Hall–Kier alpha value is -0.770. The second-order valence-corrected chi connectivity index (χ2v) is 7.04. The van der Waals surface area contributed by atoms with Crippen LogP contribution in [0.4, 0.5) is 0 Å². The third-order valence-corrected chi connectivity index (χ3v) is 5.64. The molecule has 2 saturated carbocycles. The first-order valence-electron chi connectivity index (χ1n) is 9.01. The highest BCUT2D eigenvalue weighted by molar-refractivity contribution is 5.80. The van der Waals surface area contributed by atoms with Crippen molar-refractivity contribution < 1.29 is 0 Å². The van der Waals surface area contributed by atoms with E-state index in [1.54, 1.807) is 0 Å². The summed E-state index contributed by atoms with van der Waals surface area (Å²) in [7, 11) is 1.93. The molecule has 1 saturated heterocycles. The van der Waals surface area contributed by atoms with Gasteiger partial charge in [-0.2, -0.15) is 0 Å². The molecule has 0 amide bonds. The lowest BCUT2D eigenvalue weighted by molar-refractivity contribution is 0.280. The van der Waals surface area contributed by atoms with Gasteiger partial charge in [0.05, 0.1) is 0 Å². The Kier molecular flexibility index (Phi) is 5.04. The number of likely N-dealkylation sites (tertiary alicyclic amines) is 1. The van der Waals surface area contributed by atoms with Crippen LogP contribution in [0.3, 0.4) is 0 Å². The van der Waals surface area contributed by atoms with Gasteiger partial charge < -0.3 is 10.2 Å². The summed E-state index contributed by atoms with van der Waals surface area (Å²) in [4.78, 5) is 9.63. The fourth-order valence-corrected chi connectivity index (χ4v) is 4.26. The van der Waals surface area contributed by atoms with E-state index < -0.39 is 0 Å². The molecule has 3 fully saturated rings. The molecule has 1 N–H and O–H groups in total. The van der Waals surface area contributed by atoms with E-state index in [0.717, 1.165) is 36.9 Å². The Labute approximate surface area is 130 Å². The lowest BCUT2D eigenvalue weighted by Crippen LogP contribution is -2.43. The van der Waals surface area contributed by atoms with Crippen LogP contribution in [-0.2, 0) is 0 Å². The van der Waals surface area contributed by atoms with E-state index in [2.05, 4.69) is 27.0 Å². The maximum absolute atomic E-state index is 4.52. The summed E-state index contributed by atoms with van der Waals surface area (Å²) in [6.45, 7) is 8.09. The van der Waals surface area contributed by atoms with E-state index >= 15 is 0 Å². The highest BCUT2D eigenvalue weighted by atomic mass is 15.3. The third-order valence-electron chi connectivity index (χ3n) is 5.64. The molecule has 4 heteroatoms. The number of aliphatic imine (C=N–C) groups is 1. The predicted molar refractivity (Wildman–Crippen MR) is 88.7 cm³/mol. The summed E-state index contributed by atoms with van der Waals surface area (Å²) in [5, 5.41) is 3.60. The topological polar surface area (TPSA) is 30.9 Å². The molecular formula is C17H32N4. The highest BCUT2D eigenvalue weighted by Crippen LogP contribution is 2.35. The number of hydrogen-bond acceptors (Lipinski definition) is 2. The number of nitrogens with zero attached hydrogens (tertiary/aromatic N) is 3. The summed E-state index contributed by atoms with van der Waals surface area (Å²) >= 11 is 0. The van der Waals surface area contributed by atoms with Crippen molar-refractivity contribution in [3.05, 3.63) is 0 Å². The molecule has 3 aliphatic rings. The van der Waals surface area contributed by atoms with Gasteiger partial charge >= 0.3 is 0 Å². The summed E-state index contributed by atoms with van der Waals surface area (Å²) in [6.07, 6.45) is 8.55. The van der Waals surface area contributed by atoms with E-state index in [9.17, 15) is 0 Å². The van der Waals surface area contributed by atoms with Gasteiger partial charge in [0, 0.05) is 39.3 Å². The van der Waals surface area contributed by atoms with Gasteiger partial charge in [-0.3, -0.25) is 9.89 Å². The number of fused-ring (bicyclic) bond motifs is 1. The van der Waals surface area contributed by atoms with Crippen LogP contribution in [0.15, 0.2) is 4.99 Å². The first-order valence-corrected chi connectivity index (χ1v) is 9.01. The summed E-state index contributed by atoms with van der Waals surface area (Å²) < 4.78 is 0. The van der Waals surface area contributed by atoms with Crippen molar-refractivity contribution >= 4 is 5.96 Å². The van der Waals surface area contributed by atoms with Crippen molar-refractivity contribution in [1.29, 1.82) is 0 Å². The first-order chi connectivity index (χ1) is 10.3. The monoisotopic (exact) mass is 292 g/mol. The smallest absolute Gasteiger partial charge is 0.193 e. The van der Waals surface area contributed by atoms with Crippen molar-refractivity contribution in [2.45, 2.75) is 51.5 Å². The summed E-state index contributed by atoms with van der Waals surface area (Å²) in [5.74, 6) is 2.99. The molecular weight excluding hydrogens is 260 g/mol. The van der Waals surface area contributed by atoms with Gasteiger partial charge in [0.25, 0.3) is 0 Å². The third kappa shape index (κ3) is 3.71. The largest absolute Gasteiger partial charge is 0.355 e. The highest BCUT2D eigenvalue weighted by Gasteiger charge is 2.35. The maximum atomic E-state index is 4.52. The van der Waals surface area contributed by atoms with Crippen molar-refractivity contribution in [3.8, 4) is 0 Å². The van der Waals surface area contributed by atoms with E-state index in [1.807, 2.05) is 7.05 Å². The molecule has 0 radical (unpaired) electrons. The lowest BCUT2D eigenvalue weighted by atomic mass is 9.82. The van der Waals surface area contributed by atoms with Crippen LogP contribution in [0, 0.1) is 11.8 Å². The van der Waals surface area contributed by atoms with Gasteiger partial charge in [-0.15, -0.1) is 0 Å². The zero-order valence-electron chi connectivity index (χ0n) is 13.9. The number of guanidine groups is 1. The SMILES string of the molecule is CCN(CCNC(=NC)N1CC2CCCCC2C1)C1CC1. The molecule has 0 aromatic carbocycles. The van der Waals surface area contributed by atoms with Gasteiger partial charge in [-0.1, -0.05) is 19.8 Å². The Morgan fingerprint density at radius 3 is 2.33 bits per heavy atom. The van der Waals surface area contributed by atoms with Gasteiger partial charge in [-0.05, 0) is 44.1 Å². The van der Waals surface area contributed by atoms with Crippen LogP contribution in [0.5, 0.6) is 0 Å². The van der Waals surface area contributed by atoms with Gasteiger partial charge in [0.2, 0.25) is 0 Å². The van der Waals surface area contributed by atoms with Crippen LogP contribution in [0.25, 0.3) is 0 Å².